The van der Waals surface area contributed by atoms with Crippen molar-refractivity contribution < 1.29 is 32.9 Å². The quantitative estimate of drug-likeness (QED) is 0.0272. The molecule has 0 aromatic carbocycles. The van der Waals surface area contributed by atoms with E-state index in [4.69, 9.17) is 9.05 Å². The summed E-state index contributed by atoms with van der Waals surface area (Å²) in [5, 5.41) is 14.0. The molecule has 0 saturated carbocycles. The Labute approximate surface area is 422 Å². The Bertz CT molecular complexity index is 1290. The molecule has 0 bridgehead atoms. The van der Waals surface area contributed by atoms with Crippen LogP contribution < -0.4 is 10.2 Å². The third-order valence-corrected chi connectivity index (χ3v) is 13.7. The van der Waals surface area contributed by atoms with E-state index in [9.17, 15) is 19.4 Å². The van der Waals surface area contributed by atoms with E-state index in [0.29, 0.717) is 23.9 Å². The summed E-state index contributed by atoms with van der Waals surface area (Å²) < 4.78 is 23.4. The highest BCUT2D eigenvalue weighted by molar-refractivity contribution is 7.45. The number of hydrogen-bond donors (Lipinski definition) is 2. The van der Waals surface area contributed by atoms with E-state index >= 15 is 0 Å². The molecule has 0 aromatic heterocycles. The van der Waals surface area contributed by atoms with E-state index in [1.165, 1.54) is 161 Å². The van der Waals surface area contributed by atoms with Crippen LogP contribution in [-0.4, -0.2) is 68.5 Å². The van der Waals surface area contributed by atoms with Crippen LogP contribution in [0.3, 0.4) is 0 Å². The summed E-state index contributed by atoms with van der Waals surface area (Å²) in [6.45, 7) is 4.62. The van der Waals surface area contributed by atoms with Crippen LogP contribution in [0.1, 0.15) is 258 Å². The zero-order valence-corrected chi connectivity index (χ0v) is 46.2. The lowest BCUT2D eigenvalue weighted by Crippen LogP contribution is -2.46. The Balaban J connectivity index is 4.08. The van der Waals surface area contributed by atoms with Crippen molar-refractivity contribution >= 4 is 13.7 Å². The normalized spacial score (nSPS) is 14.4. The van der Waals surface area contributed by atoms with Crippen LogP contribution in [0.2, 0.25) is 0 Å². The second-order valence-corrected chi connectivity index (χ2v) is 22.0. The van der Waals surface area contributed by atoms with Crippen molar-refractivity contribution in [3.05, 3.63) is 60.8 Å². The van der Waals surface area contributed by atoms with E-state index in [-0.39, 0.29) is 19.1 Å². The number of nitrogens with zero attached hydrogens (tertiary/aromatic N) is 1. The number of phosphoric acid groups is 1. The number of hydrogen-bond acceptors (Lipinski definition) is 6. The van der Waals surface area contributed by atoms with E-state index in [1.54, 1.807) is 0 Å². The van der Waals surface area contributed by atoms with Crippen molar-refractivity contribution in [2.75, 3.05) is 40.9 Å². The van der Waals surface area contributed by atoms with E-state index in [2.05, 4.69) is 79.9 Å². The molecule has 9 heteroatoms. The molecule has 0 heterocycles. The van der Waals surface area contributed by atoms with E-state index in [1.807, 2.05) is 21.1 Å². The lowest BCUT2D eigenvalue weighted by molar-refractivity contribution is -0.870. The van der Waals surface area contributed by atoms with Crippen LogP contribution in [0.25, 0.3) is 0 Å². The molecule has 0 spiro atoms. The number of phosphoric ester groups is 1. The first-order valence-electron chi connectivity index (χ1n) is 28.6. The van der Waals surface area contributed by atoms with Gasteiger partial charge in [0.15, 0.2) is 0 Å². The molecule has 0 aliphatic heterocycles. The second kappa shape index (κ2) is 50.2. The molecular formula is C59H111N2O6P. The van der Waals surface area contributed by atoms with E-state index in [0.717, 1.165) is 70.6 Å². The molecule has 0 aliphatic carbocycles. The number of rotatable bonds is 52. The molecule has 68 heavy (non-hydrogen) atoms. The molecule has 3 unspecified atom stereocenters. The fraction of sp³-hybridized carbons (Fsp3) is 0.814. The predicted molar refractivity (Wildman–Crippen MR) is 293 cm³/mol. The van der Waals surface area contributed by atoms with Crippen molar-refractivity contribution in [1.29, 1.82) is 0 Å². The van der Waals surface area contributed by atoms with Gasteiger partial charge in [0.2, 0.25) is 5.91 Å². The first-order valence-corrected chi connectivity index (χ1v) is 30.1. The predicted octanol–water partition coefficient (Wildman–Crippen LogP) is 16.7. The van der Waals surface area contributed by atoms with Crippen molar-refractivity contribution in [3.8, 4) is 0 Å². The van der Waals surface area contributed by atoms with Gasteiger partial charge in [-0.2, -0.15) is 0 Å². The molecule has 0 saturated heterocycles. The summed E-state index contributed by atoms with van der Waals surface area (Å²) in [7, 11) is 1.31. The zero-order chi connectivity index (χ0) is 49.9. The number of unbranched alkanes of at least 4 members (excludes halogenated alkanes) is 29. The molecule has 0 aromatic rings. The van der Waals surface area contributed by atoms with Crippen molar-refractivity contribution in [1.82, 2.24) is 5.32 Å². The Morgan fingerprint density at radius 2 is 0.897 bits per heavy atom. The Kier molecular flexibility index (Phi) is 48.8. The van der Waals surface area contributed by atoms with Gasteiger partial charge in [-0.05, 0) is 57.8 Å². The number of allylic oxidation sites excluding steroid dienone is 10. The topological polar surface area (TPSA) is 108 Å². The highest BCUT2D eigenvalue weighted by Crippen LogP contribution is 2.38. The molecule has 0 rings (SSSR count). The average Bonchev–Trinajstić information content (AvgIpc) is 3.30. The van der Waals surface area contributed by atoms with Gasteiger partial charge in [0.25, 0.3) is 7.82 Å². The van der Waals surface area contributed by atoms with Gasteiger partial charge in [-0.25, -0.2) is 0 Å². The third-order valence-electron chi connectivity index (χ3n) is 12.8. The van der Waals surface area contributed by atoms with Gasteiger partial charge >= 0.3 is 0 Å². The lowest BCUT2D eigenvalue weighted by atomic mass is 10.0. The number of carbonyl (C=O) groups is 1. The minimum atomic E-state index is -4.57. The number of aliphatic hydroxyl groups excluding tert-OH is 1. The molecule has 3 atom stereocenters. The Hall–Kier alpha value is -1.80. The first kappa shape index (κ1) is 66.2. The molecule has 0 radical (unpaired) electrons. The number of amides is 1. The molecule has 2 N–H and O–H groups in total. The molecule has 1 amide bonds. The molecule has 0 aliphatic rings. The summed E-state index contributed by atoms with van der Waals surface area (Å²) in [6, 6.07) is -0.802. The first-order chi connectivity index (χ1) is 33.0. The van der Waals surface area contributed by atoms with E-state index < -0.39 is 20.0 Å². The summed E-state index contributed by atoms with van der Waals surface area (Å²) in [6.07, 6.45) is 66.8. The minimum absolute atomic E-state index is 0.0116. The number of nitrogens with one attached hydrogen (secondary N) is 1. The monoisotopic (exact) mass is 975 g/mol. The third kappa shape index (κ3) is 52.0. The van der Waals surface area contributed by atoms with Gasteiger partial charge in [-0.1, -0.05) is 254 Å². The maximum Gasteiger partial charge on any atom is 0.268 e. The van der Waals surface area contributed by atoms with Crippen LogP contribution in [-0.2, 0) is 18.4 Å². The largest absolute Gasteiger partial charge is 0.756 e. The van der Waals surface area contributed by atoms with Crippen molar-refractivity contribution in [2.45, 2.75) is 270 Å². The average molecular weight is 976 g/mol. The summed E-state index contributed by atoms with van der Waals surface area (Å²) in [4.78, 5) is 25.5. The fourth-order valence-corrected chi connectivity index (χ4v) is 9.03. The number of quaternary nitrogens is 1. The van der Waals surface area contributed by atoms with Gasteiger partial charge in [0.1, 0.15) is 13.2 Å². The zero-order valence-electron chi connectivity index (χ0n) is 45.3. The number of carbonyl (C=O) groups excluding carboxylic acids is 1. The standard InChI is InChI=1S/C59H111N2O6P/c1-6-8-10-12-14-16-18-20-22-23-24-25-26-27-28-29-30-31-32-33-34-35-36-37-39-41-43-45-47-49-51-53-59(63)60-57(56-67-68(64,65)66-55-54-61(3,4)5)58(62)52-50-48-46-44-42-40-38-21-19-17-15-13-11-9-7-2/h8,10,14,16,20,22,24-25,27-28,57-58,62H,6-7,9,11-13,15,17-19,21,23,26,29-56H2,1-5H3,(H-,60,63,64,65)/b10-8-,16-14-,22-20-,25-24-,28-27-. The maximum atomic E-state index is 13.0. The molecule has 398 valence electrons. The molecular weight excluding hydrogens is 864 g/mol. The fourth-order valence-electron chi connectivity index (χ4n) is 8.30. The van der Waals surface area contributed by atoms with Crippen LogP contribution in [0.5, 0.6) is 0 Å². The smallest absolute Gasteiger partial charge is 0.268 e. The van der Waals surface area contributed by atoms with Gasteiger partial charge in [0.05, 0.1) is 39.9 Å². The van der Waals surface area contributed by atoms with Crippen molar-refractivity contribution in [2.24, 2.45) is 0 Å². The minimum Gasteiger partial charge on any atom is -0.756 e. The van der Waals surface area contributed by atoms with Crippen LogP contribution in [0.4, 0.5) is 0 Å². The number of aliphatic hydroxyl groups is 1. The van der Waals surface area contributed by atoms with Gasteiger partial charge in [-0.15, -0.1) is 0 Å². The van der Waals surface area contributed by atoms with Gasteiger partial charge in [0, 0.05) is 6.42 Å². The van der Waals surface area contributed by atoms with Crippen LogP contribution >= 0.6 is 7.82 Å². The lowest BCUT2D eigenvalue weighted by Gasteiger charge is -2.30. The highest BCUT2D eigenvalue weighted by atomic mass is 31.2. The SMILES string of the molecule is CC/C=C\C/C=C\C/C=C\C/C=C\C/C=C\CCCCCCCCCCCCCCCCCC(=O)NC(COP(=O)([O-])OCC[N+](C)(C)C)C(O)CCCCCCCCCCCCCCCCC. The number of likely N-dealkylation sites (N-methyl/N-ethyl adjacent to an activating group) is 1. The molecule has 8 nitrogen and oxygen atoms in total. The Morgan fingerprint density at radius 1 is 0.529 bits per heavy atom. The summed E-state index contributed by atoms with van der Waals surface area (Å²) in [5.74, 6) is -0.165. The highest BCUT2D eigenvalue weighted by Gasteiger charge is 2.24. The van der Waals surface area contributed by atoms with Crippen LogP contribution in [0.15, 0.2) is 60.8 Å². The molecule has 0 fully saturated rings. The van der Waals surface area contributed by atoms with Crippen molar-refractivity contribution in [3.63, 3.8) is 0 Å². The second-order valence-electron chi connectivity index (χ2n) is 20.6. The van der Waals surface area contributed by atoms with Gasteiger partial charge in [-0.3, -0.25) is 9.36 Å². The summed E-state index contributed by atoms with van der Waals surface area (Å²) in [5.41, 5.74) is 0. The van der Waals surface area contributed by atoms with Crippen LogP contribution in [0, 0.1) is 0 Å². The summed E-state index contributed by atoms with van der Waals surface area (Å²) >= 11 is 0. The Morgan fingerprint density at radius 3 is 1.31 bits per heavy atom. The van der Waals surface area contributed by atoms with Gasteiger partial charge < -0.3 is 28.8 Å². The maximum absolute atomic E-state index is 13.0.